The van der Waals surface area contributed by atoms with Gasteiger partial charge in [0.1, 0.15) is 17.2 Å². The van der Waals surface area contributed by atoms with Crippen LogP contribution in [0.2, 0.25) is 5.02 Å². The van der Waals surface area contributed by atoms with Crippen LogP contribution in [-0.4, -0.2) is 39.0 Å². The summed E-state index contributed by atoms with van der Waals surface area (Å²) in [6.07, 6.45) is 0.743. The van der Waals surface area contributed by atoms with Crippen molar-refractivity contribution >= 4 is 34.2 Å². The second-order valence-corrected chi connectivity index (χ2v) is 9.38. The van der Waals surface area contributed by atoms with Crippen molar-refractivity contribution in [1.29, 1.82) is 0 Å². The van der Waals surface area contributed by atoms with Gasteiger partial charge in [0.2, 0.25) is 0 Å². The van der Waals surface area contributed by atoms with E-state index in [1.54, 1.807) is 36.5 Å². The third-order valence-electron chi connectivity index (χ3n) is 5.62. The van der Waals surface area contributed by atoms with E-state index >= 15 is 0 Å². The van der Waals surface area contributed by atoms with E-state index in [1.165, 1.54) is 0 Å². The van der Waals surface area contributed by atoms with Crippen molar-refractivity contribution < 1.29 is 5.11 Å². The molecule has 0 aliphatic carbocycles. The monoisotopic (exact) mass is 492 g/mol. The number of amidine groups is 1. The number of pyridine rings is 1. The molecule has 6 N–H and O–H groups in total. The molecule has 2 heterocycles. The Balaban J connectivity index is 1.66. The largest absolute Gasteiger partial charge is 0.387 e. The van der Waals surface area contributed by atoms with Crippen LogP contribution >= 0.6 is 11.6 Å². The number of nitrogens with one attached hydrogen (secondary N) is 3. The average molecular weight is 493 g/mol. The molecule has 4 aromatic rings. The van der Waals surface area contributed by atoms with Crippen molar-refractivity contribution in [1.82, 2.24) is 15.0 Å². The van der Waals surface area contributed by atoms with Crippen molar-refractivity contribution in [3.63, 3.8) is 0 Å². The van der Waals surface area contributed by atoms with Gasteiger partial charge in [-0.1, -0.05) is 37.6 Å². The van der Waals surface area contributed by atoms with Crippen LogP contribution in [0.3, 0.4) is 0 Å². The molecule has 35 heavy (non-hydrogen) atoms. The lowest BCUT2D eigenvalue weighted by atomic mass is 10.1. The Kier molecular flexibility index (Phi) is 7.23. The van der Waals surface area contributed by atoms with Gasteiger partial charge in [-0.2, -0.15) is 0 Å². The van der Waals surface area contributed by atoms with Crippen molar-refractivity contribution in [2.45, 2.75) is 26.9 Å². The van der Waals surface area contributed by atoms with Crippen LogP contribution in [0.25, 0.3) is 22.4 Å². The Labute approximate surface area is 208 Å². The predicted molar refractivity (Wildman–Crippen MR) is 142 cm³/mol. The van der Waals surface area contributed by atoms with Gasteiger partial charge in [-0.05, 0) is 54.3 Å². The fourth-order valence-electron chi connectivity index (χ4n) is 3.83. The second kappa shape index (κ2) is 10.3. The minimum atomic E-state index is -0.811. The summed E-state index contributed by atoms with van der Waals surface area (Å²) in [5, 5.41) is 14.3. The molecule has 0 aliphatic heterocycles. The number of nitrogens with two attached hydrogens (primary N) is 1. The van der Waals surface area contributed by atoms with E-state index in [0.717, 1.165) is 22.2 Å². The van der Waals surface area contributed by atoms with E-state index in [-0.39, 0.29) is 12.1 Å². The maximum atomic E-state index is 12.8. The van der Waals surface area contributed by atoms with Gasteiger partial charge < -0.3 is 26.1 Å². The molecular weight excluding hydrogens is 464 g/mol. The molecule has 2 aromatic carbocycles. The van der Waals surface area contributed by atoms with Crippen LogP contribution in [0.5, 0.6) is 0 Å². The minimum absolute atomic E-state index is 0.184. The summed E-state index contributed by atoms with van der Waals surface area (Å²) in [5.74, 6) is 1.29. The molecule has 0 fully saturated rings. The molecule has 0 spiro atoms. The van der Waals surface area contributed by atoms with E-state index < -0.39 is 6.10 Å². The SMILES string of the molecule is Cc1cc(C(N)=NCC(C)C)cc2[nH]c(-c3c(NCC(O)c4cccc(Cl)c4)cc[nH]c3=O)nc12. The topological polar surface area (TPSA) is 132 Å². The quantitative estimate of drug-likeness (QED) is 0.184. The number of nitrogens with zero attached hydrogens (tertiary/aromatic N) is 2. The molecule has 0 bridgehead atoms. The van der Waals surface area contributed by atoms with Gasteiger partial charge in [-0.25, -0.2) is 4.98 Å². The number of benzene rings is 2. The highest BCUT2D eigenvalue weighted by molar-refractivity contribution is 6.30. The molecule has 2 aromatic heterocycles. The van der Waals surface area contributed by atoms with Crippen molar-refractivity contribution in [2.75, 3.05) is 18.4 Å². The van der Waals surface area contributed by atoms with Crippen LogP contribution in [0.4, 0.5) is 5.69 Å². The number of halogens is 1. The lowest BCUT2D eigenvalue weighted by molar-refractivity contribution is 0.191. The number of aryl methyl sites for hydroxylation is 1. The summed E-state index contributed by atoms with van der Waals surface area (Å²) < 4.78 is 0. The highest BCUT2D eigenvalue weighted by atomic mass is 35.5. The van der Waals surface area contributed by atoms with Crippen LogP contribution in [0, 0.1) is 12.8 Å². The molecule has 0 saturated carbocycles. The second-order valence-electron chi connectivity index (χ2n) is 8.94. The number of aliphatic imine (C=N–C) groups is 1. The molecule has 0 amide bonds. The Morgan fingerprint density at radius 2 is 2.06 bits per heavy atom. The number of H-pyrrole nitrogens is 2. The van der Waals surface area contributed by atoms with E-state index in [2.05, 4.69) is 34.1 Å². The first-order valence-electron chi connectivity index (χ1n) is 11.4. The molecular formula is C26H29ClN6O2. The molecule has 9 heteroatoms. The van der Waals surface area contributed by atoms with Crippen molar-refractivity contribution in [3.8, 4) is 11.4 Å². The lowest BCUT2D eigenvalue weighted by Gasteiger charge is -2.15. The Morgan fingerprint density at radius 3 is 2.80 bits per heavy atom. The van der Waals surface area contributed by atoms with Gasteiger partial charge in [0.25, 0.3) is 5.56 Å². The maximum Gasteiger partial charge on any atom is 0.261 e. The smallest absolute Gasteiger partial charge is 0.261 e. The Morgan fingerprint density at radius 1 is 1.26 bits per heavy atom. The maximum absolute atomic E-state index is 12.8. The number of fused-ring (bicyclic) bond motifs is 1. The van der Waals surface area contributed by atoms with Gasteiger partial charge in [-0.15, -0.1) is 0 Å². The average Bonchev–Trinajstić information content (AvgIpc) is 3.25. The Bertz CT molecular complexity index is 1440. The summed E-state index contributed by atoms with van der Waals surface area (Å²) in [4.78, 5) is 27.9. The van der Waals surface area contributed by atoms with E-state index in [4.69, 9.17) is 22.3 Å². The third kappa shape index (κ3) is 5.55. The number of hydrogen-bond acceptors (Lipinski definition) is 5. The van der Waals surface area contributed by atoms with Gasteiger partial charge >= 0.3 is 0 Å². The van der Waals surface area contributed by atoms with Gasteiger partial charge in [0, 0.05) is 29.9 Å². The first-order chi connectivity index (χ1) is 16.7. The van der Waals surface area contributed by atoms with Crippen molar-refractivity contribution in [3.05, 3.63) is 80.7 Å². The number of aliphatic hydroxyl groups is 1. The van der Waals surface area contributed by atoms with Gasteiger partial charge in [-0.3, -0.25) is 9.79 Å². The van der Waals surface area contributed by atoms with Crippen molar-refractivity contribution in [2.24, 2.45) is 16.6 Å². The molecule has 0 aliphatic rings. The van der Waals surface area contributed by atoms with Gasteiger partial charge in [0.15, 0.2) is 0 Å². The minimum Gasteiger partial charge on any atom is -0.387 e. The fourth-order valence-corrected chi connectivity index (χ4v) is 4.03. The number of aromatic nitrogens is 3. The normalized spacial score (nSPS) is 12.9. The highest BCUT2D eigenvalue weighted by Gasteiger charge is 2.17. The van der Waals surface area contributed by atoms with E-state index in [9.17, 15) is 9.90 Å². The molecule has 0 saturated heterocycles. The zero-order valence-corrected chi connectivity index (χ0v) is 20.6. The standard InChI is InChI=1S/C26H29ClN6O2/c1-14(2)12-31-24(28)17-9-15(3)23-20(11-17)32-25(33-23)22-19(7-8-29-26(22)35)30-13-21(34)16-5-4-6-18(27)10-16/h4-11,14,21,34H,12-13H2,1-3H3,(H2,28,31)(H,32,33)(H2,29,30,35). The molecule has 8 nitrogen and oxygen atoms in total. The summed E-state index contributed by atoms with van der Waals surface area (Å²) in [5.41, 5.74) is 10.7. The van der Waals surface area contributed by atoms with Crippen LogP contribution in [0.1, 0.15) is 36.6 Å². The third-order valence-corrected chi connectivity index (χ3v) is 5.85. The number of imidazole rings is 1. The summed E-state index contributed by atoms with van der Waals surface area (Å²) in [7, 11) is 0. The molecule has 1 unspecified atom stereocenters. The lowest BCUT2D eigenvalue weighted by Crippen LogP contribution is -2.17. The van der Waals surface area contributed by atoms with E-state index in [1.807, 2.05) is 19.1 Å². The fraction of sp³-hybridized carbons (Fsp3) is 0.269. The number of aliphatic hydroxyl groups excluding tert-OH is 1. The molecule has 182 valence electrons. The van der Waals surface area contributed by atoms with E-state index in [0.29, 0.717) is 46.0 Å². The molecule has 4 rings (SSSR count). The van der Waals surface area contributed by atoms with Crippen LogP contribution in [0.15, 0.2) is 58.4 Å². The zero-order valence-electron chi connectivity index (χ0n) is 19.9. The zero-order chi connectivity index (χ0) is 25.1. The summed E-state index contributed by atoms with van der Waals surface area (Å²) in [6, 6.07) is 12.6. The van der Waals surface area contributed by atoms with Crippen LogP contribution < -0.4 is 16.6 Å². The Hall–Kier alpha value is -3.62. The first-order valence-corrected chi connectivity index (χ1v) is 11.8. The molecule has 0 radical (unpaired) electrons. The first kappa shape index (κ1) is 24.5. The van der Waals surface area contributed by atoms with Gasteiger partial charge in [0.05, 0.1) is 22.8 Å². The summed E-state index contributed by atoms with van der Waals surface area (Å²) in [6.45, 7) is 6.95. The summed E-state index contributed by atoms with van der Waals surface area (Å²) >= 11 is 6.04. The predicted octanol–water partition coefficient (Wildman–Crippen LogP) is 4.39. The van der Waals surface area contributed by atoms with Crippen LogP contribution in [-0.2, 0) is 0 Å². The number of hydrogen-bond donors (Lipinski definition) is 5. The number of anilines is 1. The highest BCUT2D eigenvalue weighted by Crippen LogP contribution is 2.27. The number of rotatable bonds is 8. The number of aromatic amines is 2. The molecule has 1 atom stereocenters.